The van der Waals surface area contributed by atoms with E-state index in [4.69, 9.17) is 4.74 Å². The zero-order valence-corrected chi connectivity index (χ0v) is 16.6. The summed E-state index contributed by atoms with van der Waals surface area (Å²) in [7, 11) is 0. The number of piperazine rings is 1. The Bertz CT molecular complexity index is 766. The minimum absolute atomic E-state index is 0.158. The Hall–Kier alpha value is -1.96. The predicted octanol–water partition coefficient (Wildman–Crippen LogP) is 2.42. The molecule has 2 saturated heterocycles. The molecule has 0 aromatic carbocycles. The number of ether oxygens (including phenoxy) is 1. The Morgan fingerprint density at radius 3 is 2.48 bits per heavy atom. The summed E-state index contributed by atoms with van der Waals surface area (Å²) in [6, 6.07) is 6.10. The van der Waals surface area contributed by atoms with E-state index < -0.39 is 0 Å². The van der Waals surface area contributed by atoms with Crippen LogP contribution in [0.4, 0.5) is 5.00 Å². The summed E-state index contributed by atoms with van der Waals surface area (Å²) in [6.07, 6.45) is 3.61. The molecular weight excluding hydrogens is 360 g/mol. The first-order valence-electron chi connectivity index (χ1n) is 9.65. The average molecular weight is 387 g/mol. The Labute approximate surface area is 164 Å². The molecule has 7 heteroatoms. The van der Waals surface area contributed by atoms with Crippen LogP contribution >= 0.6 is 11.3 Å². The fourth-order valence-corrected chi connectivity index (χ4v) is 4.85. The van der Waals surface area contributed by atoms with E-state index in [0.717, 1.165) is 75.0 Å². The molecule has 0 aliphatic carbocycles. The van der Waals surface area contributed by atoms with Crippen LogP contribution in [0.3, 0.4) is 0 Å². The molecule has 6 nitrogen and oxygen atoms in total. The molecule has 2 aromatic heterocycles. The number of nitrogens with zero attached hydrogens (tertiary/aromatic N) is 4. The molecule has 2 aliphatic heterocycles. The van der Waals surface area contributed by atoms with E-state index in [9.17, 15) is 4.79 Å². The zero-order valence-electron chi connectivity index (χ0n) is 15.8. The van der Waals surface area contributed by atoms with Gasteiger partial charge >= 0.3 is 0 Å². The van der Waals surface area contributed by atoms with Gasteiger partial charge in [-0.1, -0.05) is 6.92 Å². The molecule has 0 unspecified atom stereocenters. The smallest absolute Gasteiger partial charge is 0.264 e. The molecule has 144 valence electrons. The third-order valence-corrected chi connectivity index (χ3v) is 6.50. The van der Waals surface area contributed by atoms with Crippen LogP contribution in [0.1, 0.15) is 16.6 Å². The van der Waals surface area contributed by atoms with Gasteiger partial charge < -0.3 is 19.4 Å². The highest BCUT2D eigenvalue weighted by molar-refractivity contribution is 7.18. The van der Waals surface area contributed by atoms with E-state index in [1.165, 1.54) is 5.00 Å². The summed E-state index contributed by atoms with van der Waals surface area (Å²) in [5.41, 5.74) is 2.23. The van der Waals surface area contributed by atoms with E-state index >= 15 is 0 Å². The Morgan fingerprint density at radius 1 is 1.11 bits per heavy atom. The van der Waals surface area contributed by atoms with Crippen LogP contribution < -0.4 is 4.90 Å². The Morgan fingerprint density at radius 2 is 1.81 bits per heavy atom. The van der Waals surface area contributed by atoms with Crippen molar-refractivity contribution in [1.29, 1.82) is 0 Å². The number of hydrogen-bond acceptors (Lipinski definition) is 6. The summed E-state index contributed by atoms with van der Waals surface area (Å²) in [5.74, 6) is 0.158. The molecule has 2 fully saturated rings. The average Bonchev–Trinajstić information content (AvgIpc) is 3.20. The molecule has 0 saturated carbocycles. The second kappa shape index (κ2) is 8.37. The summed E-state index contributed by atoms with van der Waals surface area (Å²) < 4.78 is 5.51. The van der Waals surface area contributed by atoms with Crippen LogP contribution in [0.25, 0.3) is 11.1 Å². The SMILES string of the molecule is CCN1CCN(C(=O)c2cc(-c3ccncc3)c(N3CCOCC3)s2)CC1. The summed E-state index contributed by atoms with van der Waals surface area (Å²) in [5, 5.41) is 1.17. The lowest BCUT2D eigenvalue weighted by Gasteiger charge is -2.33. The molecule has 0 spiro atoms. The number of likely N-dealkylation sites (N-methyl/N-ethyl adjacent to an activating group) is 1. The second-order valence-corrected chi connectivity index (χ2v) is 7.92. The standard InChI is InChI=1S/C20H26N4O2S/c1-2-22-7-9-23(10-8-22)19(25)18-15-17(16-3-5-21-6-4-16)20(27-18)24-11-13-26-14-12-24/h3-6,15H,2,7-14H2,1H3. The molecular formula is C20H26N4O2S. The number of carbonyl (C=O) groups excluding carboxylic acids is 1. The van der Waals surface area contributed by atoms with Crippen molar-refractivity contribution in [3.8, 4) is 11.1 Å². The highest BCUT2D eigenvalue weighted by Gasteiger charge is 2.26. The molecule has 2 aromatic rings. The topological polar surface area (TPSA) is 48.9 Å². The van der Waals surface area contributed by atoms with Crippen molar-refractivity contribution in [2.75, 3.05) is 63.9 Å². The van der Waals surface area contributed by atoms with Gasteiger partial charge in [0, 0.05) is 57.2 Å². The van der Waals surface area contributed by atoms with Gasteiger partial charge in [0.25, 0.3) is 5.91 Å². The highest BCUT2D eigenvalue weighted by Crippen LogP contribution is 2.39. The number of amides is 1. The van der Waals surface area contributed by atoms with Crippen molar-refractivity contribution < 1.29 is 9.53 Å². The van der Waals surface area contributed by atoms with Crippen molar-refractivity contribution in [3.63, 3.8) is 0 Å². The molecule has 0 N–H and O–H groups in total. The predicted molar refractivity (Wildman–Crippen MR) is 109 cm³/mol. The third-order valence-electron chi connectivity index (χ3n) is 5.32. The minimum Gasteiger partial charge on any atom is -0.378 e. The number of carbonyl (C=O) groups is 1. The molecule has 0 radical (unpaired) electrons. The lowest BCUT2D eigenvalue weighted by atomic mass is 10.1. The number of hydrogen-bond donors (Lipinski definition) is 0. The van der Waals surface area contributed by atoms with Gasteiger partial charge in [-0.25, -0.2) is 0 Å². The molecule has 4 rings (SSSR count). The zero-order chi connectivity index (χ0) is 18.6. The highest BCUT2D eigenvalue weighted by atomic mass is 32.1. The number of aromatic nitrogens is 1. The largest absolute Gasteiger partial charge is 0.378 e. The Kier molecular flexibility index (Phi) is 5.71. The van der Waals surface area contributed by atoms with Gasteiger partial charge in [-0.05, 0) is 30.3 Å². The lowest BCUT2D eigenvalue weighted by molar-refractivity contribution is 0.0648. The van der Waals surface area contributed by atoms with Gasteiger partial charge in [0.1, 0.15) is 0 Å². The van der Waals surface area contributed by atoms with Crippen LogP contribution in [0.2, 0.25) is 0 Å². The molecule has 27 heavy (non-hydrogen) atoms. The maximum atomic E-state index is 13.1. The summed E-state index contributed by atoms with van der Waals surface area (Å²) >= 11 is 1.61. The van der Waals surface area contributed by atoms with Gasteiger partial charge in [0.05, 0.1) is 23.1 Å². The normalized spacial score (nSPS) is 18.7. The van der Waals surface area contributed by atoms with E-state index in [1.54, 1.807) is 11.3 Å². The van der Waals surface area contributed by atoms with Crippen molar-refractivity contribution in [3.05, 3.63) is 35.5 Å². The number of morpholine rings is 1. The maximum absolute atomic E-state index is 13.1. The molecule has 0 atom stereocenters. The van der Waals surface area contributed by atoms with E-state index in [-0.39, 0.29) is 5.91 Å². The third kappa shape index (κ3) is 4.00. The van der Waals surface area contributed by atoms with Crippen molar-refractivity contribution >= 4 is 22.2 Å². The van der Waals surface area contributed by atoms with Crippen LogP contribution in [0.5, 0.6) is 0 Å². The van der Waals surface area contributed by atoms with Crippen LogP contribution in [-0.4, -0.2) is 79.7 Å². The number of anilines is 1. The van der Waals surface area contributed by atoms with E-state index in [2.05, 4.69) is 27.8 Å². The number of pyridine rings is 1. The van der Waals surface area contributed by atoms with Gasteiger partial charge in [0.2, 0.25) is 0 Å². The Balaban J connectivity index is 1.61. The van der Waals surface area contributed by atoms with Crippen LogP contribution in [-0.2, 0) is 4.74 Å². The maximum Gasteiger partial charge on any atom is 0.264 e. The fourth-order valence-electron chi connectivity index (χ4n) is 3.65. The lowest BCUT2D eigenvalue weighted by Crippen LogP contribution is -2.48. The summed E-state index contributed by atoms with van der Waals surface area (Å²) in [4.78, 5) is 24.8. The van der Waals surface area contributed by atoms with Gasteiger partial charge in [0.15, 0.2) is 0 Å². The second-order valence-electron chi connectivity index (χ2n) is 6.89. The number of rotatable bonds is 4. The first kappa shape index (κ1) is 18.4. The molecule has 0 bridgehead atoms. The number of thiophene rings is 1. The van der Waals surface area contributed by atoms with E-state index in [0.29, 0.717) is 0 Å². The first-order chi connectivity index (χ1) is 13.3. The van der Waals surface area contributed by atoms with Crippen molar-refractivity contribution in [1.82, 2.24) is 14.8 Å². The van der Waals surface area contributed by atoms with Gasteiger partial charge in [-0.3, -0.25) is 9.78 Å². The monoisotopic (exact) mass is 386 g/mol. The molecule has 2 aliphatic rings. The van der Waals surface area contributed by atoms with Gasteiger partial charge in [-0.15, -0.1) is 11.3 Å². The first-order valence-corrected chi connectivity index (χ1v) is 10.5. The van der Waals surface area contributed by atoms with E-state index in [1.807, 2.05) is 29.4 Å². The van der Waals surface area contributed by atoms with Crippen LogP contribution in [0.15, 0.2) is 30.6 Å². The van der Waals surface area contributed by atoms with Crippen LogP contribution in [0, 0.1) is 0 Å². The summed E-state index contributed by atoms with van der Waals surface area (Å²) in [6.45, 7) is 9.95. The molecule has 4 heterocycles. The minimum atomic E-state index is 0.158. The van der Waals surface area contributed by atoms with Crippen molar-refractivity contribution in [2.24, 2.45) is 0 Å². The quantitative estimate of drug-likeness (QED) is 0.808. The molecule has 1 amide bonds. The van der Waals surface area contributed by atoms with Crippen molar-refractivity contribution in [2.45, 2.75) is 6.92 Å². The fraction of sp³-hybridized carbons (Fsp3) is 0.500. The van der Waals surface area contributed by atoms with Gasteiger partial charge in [-0.2, -0.15) is 0 Å².